The molecule has 0 radical (unpaired) electrons. The maximum atomic E-state index is 11.6. The van der Waals surface area contributed by atoms with Crippen molar-refractivity contribution in [3.63, 3.8) is 0 Å². The quantitative estimate of drug-likeness (QED) is 0.816. The number of halogens is 1. The molecule has 0 aromatic heterocycles. The minimum Gasteiger partial charge on any atom is -0.365 e. The molecule has 3 atom stereocenters. The summed E-state index contributed by atoms with van der Waals surface area (Å²) in [6.07, 6.45) is 1.55. The highest BCUT2D eigenvalue weighted by Crippen LogP contribution is 2.40. The first kappa shape index (κ1) is 17.2. The lowest BCUT2D eigenvalue weighted by Crippen LogP contribution is -2.39. The van der Waals surface area contributed by atoms with E-state index >= 15 is 0 Å². The molecule has 1 aliphatic heterocycles. The van der Waals surface area contributed by atoms with Crippen molar-refractivity contribution in [2.24, 2.45) is 0 Å². The van der Waals surface area contributed by atoms with Crippen LogP contribution in [0, 0.1) is 6.92 Å². The van der Waals surface area contributed by atoms with Crippen LogP contribution in [-0.4, -0.2) is 11.9 Å². The minimum absolute atomic E-state index is 0.0124. The van der Waals surface area contributed by atoms with Gasteiger partial charge in [-0.3, -0.25) is 4.79 Å². The van der Waals surface area contributed by atoms with Gasteiger partial charge in [-0.25, -0.2) is 0 Å². The molecule has 4 heteroatoms. The van der Waals surface area contributed by atoms with Crippen LogP contribution in [0.1, 0.15) is 48.7 Å². The SMILES string of the molecule is CC(=O)N[C@H]1C[C@@H](c2ccccc2)O[C@@H](c2cc(Br)ccc2C)C1. The average molecular weight is 388 g/mol. The summed E-state index contributed by atoms with van der Waals surface area (Å²) in [6, 6.07) is 16.6. The average Bonchev–Trinajstić information content (AvgIpc) is 2.57. The van der Waals surface area contributed by atoms with Crippen LogP contribution in [0.2, 0.25) is 0 Å². The second kappa shape index (κ2) is 7.49. The fraction of sp³-hybridized carbons (Fsp3) is 0.350. The number of hydrogen-bond acceptors (Lipinski definition) is 2. The number of carbonyl (C=O) groups is 1. The number of nitrogens with one attached hydrogen (secondary N) is 1. The number of hydrogen-bond donors (Lipinski definition) is 1. The molecular formula is C20H22BrNO2. The molecule has 0 aliphatic carbocycles. The van der Waals surface area contributed by atoms with E-state index in [1.54, 1.807) is 6.92 Å². The van der Waals surface area contributed by atoms with Gasteiger partial charge in [0, 0.05) is 17.4 Å². The molecule has 1 fully saturated rings. The van der Waals surface area contributed by atoms with E-state index in [1.165, 1.54) is 11.1 Å². The molecule has 126 valence electrons. The van der Waals surface area contributed by atoms with Gasteiger partial charge in [-0.2, -0.15) is 0 Å². The molecule has 2 aromatic rings. The van der Waals surface area contributed by atoms with Crippen LogP contribution in [-0.2, 0) is 9.53 Å². The first-order valence-corrected chi connectivity index (χ1v) is 9.06. The largest absolute Gasteiger partial charge is 0.365 e. The van der Waals surface area contributed by atoms with E-state index in [1.807, 2.05) is 24.3 Å². The number of rotatable bonds is 3. The van der Waals surface area contributed by atoms with Crippen molar-refractivity contribution in [3.8, 4) is 0 Å². The molecule has 3 nitrogen and oxygen atoms in total. The molecule has 24 heavy (non-hydrogen) atoms. The Labute approximate surface area is 151 Å². The molecule has 1 N–H and O–H groups in total. The van der Waals surface area contributed by atoms with Gasteiger partial charge in [0.25, 0.3) is 0 Å². The number of ether oxygens (including phenoxy) is 1. The first-order valence-electron chi connectivity index (χ1n) is 8.26. The van der Waals surface area contributed by atoms with Crippen LogP contribution in [0.15, 0.2) is 53.0 Å². The van der Waals surface area contributed by atoms with E-state index in [4.69, 9.17) is 4.74 Å². The van der Waals surface area contributed by atoms with Gasteiger partial charge < -0.3 is 10.1 Å². The molecule has 0 bridgehead atoms. The maximum Gasteiger partial charge on any atom is 0.217 e. The van der Waals surface area contributed by atoms with E-state index in [9.17, 15) is 4.79 Å². The Morgan fingerprint density at radius 2 is 1.83 bits per heavy atom. The van der Waals surface area contributed by atoms with Crippen molar-refractivity contribution in [3.05, 3.63) is 69.7 Å². The molecule has 3 rings (SSSR count). The fourth-order valence-corrected chi connectivity index (χ4v) is 3.75. The molecule has 1 amide bonds. The van der Waals surface area contributed by atoms with Gasteiger partial charge in [0.2, 0.25) is 5.91 Å². The minimum atomic E-state index is -0.0293. The van der Waals surface area contributed by atoms with E-state index in [-0.39, 0.29) is 24.2 Å². The lowest BCUT2D eigenvalue weighted by atomic mass is 9.90. The monoisotopic (exact) mass is 387 g/mol. The van der Waals surface area contributed by atoms with Gasteiger partial charge in [-0.1, -0.05) is 52.3 Å². The third kappa shape index (κ3) is 4.05. The van der Waals surface area contributed by atoms with E-state index in [2.05, 4.69) is 52.4 Å². The zero-order valence-corrected chi connectivity index (χ0v) is 15.5. The molecule has 0 spiro atoms. The third-order valence-corrected chi connectivity index (χ3v) is 4.99. The van der Waals surface area contributed by atoms with E-state index < -0.39 is 0 Å². The summed E-state index contributed by atoms with van der Waals surface area (Å²) in [5, 5.41) is 3.08. The number of aryl methyl sites for hydroxylation is 1. The van der Waals surface area contributed by atoms with E-state index in [0.717, 1.165) is 22.9 Å². The lowest BCUT2D eigenvalue weighted by molar-refractivity contribution is -0.122. The summed E-state index contributed by atoms with van der Waals surface area (Å²) in [5.74, 6) is 0.0124. The van der Waals surface area contributed by atoms with Gasteiger partial charge in [0.05, 0.1) is 12.2 Å². The highest BCUT2D eigenvalue weighted by atomic mass is 79.9. The first-order chi connectivity index (χ1) is 11.5. The molecular weight excluding hydrogens is 366 g/mol. The number of carbonyl (C=O) groups excluding carboxylic acids is 1. The predicted octanol–water partition coefficient (Wildman–Crippen LogP) is 4.86. The second-order valence-electron chi connectivity index (χ2n) is 6.39. The van der Waals surface area contributed by atoms with Crippen molar-refractivity contribution >= 4 is 21.8 Å². The second-order valence-corrected chi connectivity index (χ2v) is 7.31. The zero-order valence-electron chi connectivity index (χ0n) is 14.0. The highest BCUT2D eigenvalue weighted by Gasteiger charge is 2.32. The molecule has 2 aromatic carbocycles. The lowest BCUT2D eigenvalue weighted by Gasteiger charge is -2.37. The van der Waals surface area contributed by atoms with Crippen molar-refractivity contribution < 1.29 is 9.53 Å². The van der Waals surface area contributed by atoms with Gasteiger partial charge in [-0.05, 0) is 48.6 Å². The Bertz CT molecular complexity index is 717. The third-order valence-electron chi connectivity index (χ3n) is 4.49. The summed E-state index contributed by atoms with van der Waals surface area (Å²) in [5.41, 5.74) is 3.55. The van der Waals surface area contributed by atoms with Crippen LogP contribution < -0.4 is 5.32 Å². The predicted molar refractivity (Wildman–Crippen MR) is 98.7 cm³/mol. The van der Waals surface area contributed by atoms with Crippen LogP contribution in [0.3, 0.4) is 0 Å². The van der Waals surface area contributed by atoms with Gasteiger partial charge in [0.15, 0.2) is 0 Å². The van der Waals surface area contributed by atoms with Crippen molar-refractivity contribution in [1.82, 2.24) is 5.32 Å². The van der Waals surface area contributed by atoms with Crippen molar-refractivity contribution in [1.29, 1.82) is 0 Å². The summed E-state index contributed by atoms with van der Waals surface area (Å²) in [4.78, 5) is 11.6. The Morgan fingerprint density at radius 1 is 1.12 bits per heavy atom. The highest BCUT2D eigenvalue weighted by molar-refractivity contribution is 9.10. The molecule has 0 unspecified atom stereocenters. The summed E-state index contributed by atoms with van der Waals surface area (Å²) in [7, 11) is 0. The molecule has 1 aliphatic rings. The molecule has 1 saturated heterocycles. The van der Waals surface area contributed by atoms with Crippen molar-refractivity contribution in [2.45, 2.75) is 44.9 Å². The summed E-state index contributed by atoms with van der Waals surface area (Å²) in [6.45, 7) is 3.68. The number of benzene rings is 2. The Kier molecular flexibility index (Phi) is 5.36. The van der Waals surface area contributed by atoms with Crippen LogP contribution in [0.4, 0.5) is 0 Å². The summed E-state index contributed by atoms with van der Waals surface area (Å²) < 4.78 is 7.48. The van der Waals surface area contributed by atoms with Crippen LogP contribution >= 0.6 is 15.9 Å². The number of amides is 1. The van der Waals surface area contributed by atoms with Crippen molar-refractivity contribution in [2.75, 3.05) is 0 Å². The topological polar surface area (TPSA) is 38.3 Å². The molecule has 0 saturated carbocycles. The summed E-state index contributed by atoms with van der Waals surface area (Å²) >= 11 is 3.55. The fourth-order valence-electron chi connectivity index (χ4n) is 3.37. The molecule has 1 heterocycles. The standard InChI is InChI=1S/C20H22BrNO2/c1-13-8-9-16(21)10-18(13)20-12-17(22-14(2)23)11-19(24-20)15-6-4-3-5-7-15/h3-10,17,19-20H,11-12H2,1-2H3,(H,22,23)/t17-,19-,20+/m0/s1. The normalized spacial score (nSPS) is 23.7. The van der Waals surface area contributed by atoms with Gasteiger partial charge in [-0.15, -0.1) is 0 Å². The van der Waals surface area contributed by atoms with Crippen LogP contribution in [0.25, 0.3) is 0 Å². The van der Waals surface area contributed by atoms with E-state index in [0.29, 0.717) is 0 Å². The zero-order chi connectivity index (χ0) is 17.1. The smallest absolute Gasteiger partial charge is 0.217 e. The maximum absolute atomic E-state index is 11.6. The Morgan fingerprint density at radius 3 is 2.54 bits per heavy atom. The van der Waals surface area contributed by atoms with Gasteiger partial charge in [0.1, 0.15) is 0 Å². The van der Waals surface area contributed by atoms with Gasteiger partial charge >= 0.3 is 0 Å². The van der Waals surface area contributed by atoms with Crippen LogP contribution in [0.5, 0.6) is 0 Å². The Hall–Kier alpha value is -1.65. The Balaban J connectivity index is 1.90.